The number of aromatic nitrogens is 3. The molecular weight excluding hydrogens is 302 g/mol. The summed E-state index contributed by atoms with van der Waals surface area (Å²) in [6.45, 7) is 0.972. The molecule has 7 heteroatoms. The van der Waals surface area contributed by atoms with Gasteiger partial charge >= 0.3 is 0 Å². The molecule has 1 N–H and O–H groups in total. The van der Waals surface area contributed by atoms with Crippen molar-refractivity contribution >= 4 is 23.2 Å². The van der Waals surface area contributed by atoms with Crippen LogP contribution in [-0.2, 0) is 4.79 Å². The van der Waals surface area contributed by atoms with Crippen LogP contribution < -0.4 is 10.2 Å². The van der Waals surface area contributed by atoms with Crippen molar-refractivity contribution in [1.82, 2.24) is 20.1 Å². The SMILES string of the molecule is CNCC(=O)N(CC1CC1)c1cn(-c2cccnc2)nc1Cl. The van der Waals surface area contributed by atoms with Crippen LogP contribution in [0, 0.1) is 5.92 Å². The van der Waals surface area contributed by atoms with Gasteiger partial charge in [0.15, 0.2) is 5.15 Å². The average molecular weight is 320 g/mol. The van der Waals surface area contributed by atoms with Crippen molar-refractivity contribution in [2.24, 2.45) is 5.92 Å². The van der Waals surface area contributed by atoms with Gasteiger partial charge in [-0.1, -0.05) is 11.6 Å². The number of nitrogens with zero attached hydrogens (tertiary/aromatic N) is 4. The van der Waals surface area contributed by atoms with Crippen molar-refractivity contribution in [2.75, 3.05) is 25.0 Å². The minimum atomic E-state index is 0.00189. The third kappa shape index (κ3) is 3.28. The smallest absolute Gasteiger partial charge is 0.241 e. The van der Waals surface area contributed by atoms with E-state index in [-0.39, 0.29) is 12.5 Å². The van der Waals surface area contributed by atoms with Crippen LogP contribution in [0.1, 0.15) is 12.8 Å². The van der Waals surface area contributed by atoms with Gasteiger partial charge in [-0.25, -0.2) is 4.68 Å². The van der Waals surface area contributed by atoms with Crippen LogP contribution in [0.4, 0.5) is 5.69 Å². The number of hydrogen-bond donors (Lipinski definition) is 1. The lowest BCUT2D eigenvalue weighted by Gasteiger charge is -2.21. The maximum Gasteiger partial charge on any atom is 0.241 e. The first-order chi connectivity index (χ1) is 10.7. The van der Waals surface area contributed by atoms with Crippen molar-refractivity contribution in [3.63, 3.8) is 0 Å². The summed E-state index contributed by atoms with van der Waals surface area (Å²) in [6.07, 6.45) is 7.52. The molecule has 1 saturated carbocycles. The summed E-state index contributed by atoms with van der Waals surface area (Å²) in [5, 5.41) is 7.53. The molecule has 6 nitrogen and oxygen atoms in total. The summed E-state index contributed by atoms with van der Waals surface area (Å²) in [5.41, 5.74) is 1.46. The molecule has 1 aliphatic carbocycles. The third-order valence-corrected chi connectivity index (χ3v) is 3.89. The normalized spacial score (nSPS) is 14.1. The van der Waals surface area contributed by atoms with Crippen LogP contribution in [0.5, 0.6) is 0 Å². The fourth-order valence-electron chi connectivity index (χ4n) is 2.29. The monoisotopic (exact) mass is 319 g/mol. The van der Waals surface area contributed by atoms with Crippen molar-refractivity contribution in [3.8, 4) is 5.69 Å². The van der Waals surface area contributed by atoms with Crippen molar-refractivity contribution in [2.45, 2.75) is 12.8 Å². The van der Waals surface area contributed by atoms with E-state index in [0.717, 1.165) is 18.5 Å². The summed E-state index contributed by atoms with van der Waals surface area (Å²) in [7, 11) is 1.76. The van der Waals surface area contributed by atoms with Crippen LogP contribution >= 0.6 is 11.6 Å². The Morgan fingerprint density at radius 3 is 3.00 bits per heavy atom. The van der Waals surface area contributed by atoms with Gasteiger partial charge in [0.25, 0.3) is 0 Å². The summed E-state index contributed by atoms with van der Waals surface area (Å²) < 4.78 is 1.65. The molecular formula is C15H18ClN5O. The van der Waals surface area contributed by atoms with Crippen LogP contribution in [0.2, 0.25) is 5.15 Å². The number of likely N-dealkylation sites (N-methyl/N-ethyl adjacent to an activating group) is 1. The van der Waals surface area contributed by atoms with Crippen LogP contribution in [0.15, 0.2) is 30.7 Å². The quantitative estimate of drug-likeness (QED) is 0.883. The molecule has 0 saturated heterocycles. The van der Waals surface area contributed by atoms with E-state index in [4.69, 9.17) is 11.6 Å². The lowest BCUT2D eigenvalue weighted by molar-refractivity contribution is -0.117. The van der Waals surface area contributed by atoms with Gasteiger partial charge in [-0.3, -0.25) is 9.78 Å². The highest BCUT2D eigenvalue weighted by Gasteiger charge is 2.29. The van der Waals surface area contributed by atoms with Gasteiger partial charge in [-0.15, -0.1) is 0 Å². The van der Waals surface area contributed by atoms with E-state index in [9.17, 15) is 4.79 Å². The molecule has 2 aromatic rings. The summed E-state index contributed by atoms with van der Waals surface area (Å²) >= 11 is 6.27. The summed E-state index contributed by atoms with van der Waals surface area (Å²) in [4.78, 5) is 18.2. The van der Waals surface area contributed by atoms with Gasteiger partial charge in [0.2, 0.25) is 5.91 Å². The van der Waals surface area contributed by atoms with Gasteiger partial charge in [0.05, 0.1) is 24.6 Å². The van der Waals surface area contributed by atoms with Gasteiger partial charge in [0, 0.05) is 12.7 Å². The summed E-state index contributed by atoms with van der Waals surface area (Å²) in [6, 6.07) is 3.72. The van der Waals surface area contributed by atoms with Gasteiger partial charge < -0.3 is 10.2 Å². The molecule has 3 rings (SSSR count). The topological polar surface area (TPSA) is 63.1 Å². The zero-order valence-corrected chi connectivity index (χ0v) is 13.1. The predicted octanol–water partition coefficient (Wildman–Crippen LogP) is 1.88. The Morgan fingerprint density at radius 1 is 1.55 bits per heavy atom. The molecule has 2 heterocycles. The number of anilines is 1. The molecule has 0 spiro atoms. The maximum absolute atomic E-state index is 12.4. The zero-order valence-electron chi connectivity index (χ0n) is 12.4. The number of carbonyl (C=O) groups is 1. The molecule has 0 aromatic carbocycles. The highest BCUT2D eigenvalue weighted by molar-refractivity contribution is 6.32. The van der Waals surface area contributed by atoms with Crippen LogP contribution in [-0.4, -0.2) is 40.8 Å². The minimum absolute atomic E-state index is 0.00189. The Morgan fingerprint density at radius 2 is 2.36 bits per heavy atom. The Bertz CT molecular complexity index is 653. The Kier molecular flexibility index (Phi) is 4.40. The second-order valence-electron chi connectivity index (χ2n) is 5.44. The van der Waals surface area contributed by atoms with E-state index in [1.807, 2.05) is 12.1 Å². The fourth-order valence-corrected chi connectivity index (χ4v) is 2.52. The number of pyridine rings is 1. The molecule has 116 valence electrons. The lowest BCUT2D eigenvalue weighted by atomic mass is 10.3. The first-order valence-corrected chi connectivity index (χ1v) is 7.67. The number of carbonyl (C=O) groups excluding carboxylic acids is 1. The molecule has 0 unspecified atom stereocenters. The lowest BCUT2D eigenvalue weighted by Crippen LogP contribution is -2.38. The molecule has 0 aliphatic heterocycles. The molecule has 0 bridgehead atoms. The Balaban J connectivity index is 1.90. The van der Waals surface area contributed by atoms with Gasteiger partial charge in [-0.05, 0) is 37.9 Å². The molecule has 22 heavy (non-hydrogen) atoms. The van der Waals surface area contributed by atoms with Gasteiger partial charge in [-0.2, -0.15) is 5.10 Å². The standard InChI is InChI=1S/C15H18ClN5O/c1-17-8-14(22)20(9-11-4-5-11)13-10-21(19-15(13)16)12-3-2-6-18-7-12/h2-3,6-7,10-11,17H,4-5,8-9H2,1H3. The third-order valence-electron chi connectivity index (χ3n) is 3.62. The molecule has 0 atom stereocenters. The molecule has 2 aromatic heterocycles. The Labute approximate surface area is 134 Å². The van der Waals surface area contributed by atoms with Crippen molar-refractivity contribution in [1.29, 1.82) is 0 Å². The van der Waals surface area contributed by atoms with E-state index in [1.165, 1.54) is 0 Å². The average Bonchev–Trinajstić information content (AvgIpc) is 3.27. The molecule has 0 radical (unpaired) electrons. The number of rotatable bonds is 6. The minimum Gasteiger partial charge on any atom is -0.311 e. The van der Waals surface area contributed by atoms with E-state index in [1.54, 1.807) is 35.2 Å². The molecule has 1 amide bonds. The highest BCUT2D eigenvalue weighted by Crippen LogP contribution is 2.34. The zero-order chi connectivity index (χ0) is 15.5. The van der Waals surface area contributed by atoms with Crippen molar-refractivity contribution < 1.29 is 4.79 Å². The van der Waals surface area contributed by atoms with E-state index < -0.39 is 0 Å². The fraction of sp³-hybridized carbons (Fsp3) is 0.400. The number of amides is 1. The number of halogens is 1. The van der Waals surface area contributed by atoms with Crippen LogP contribution in [0.3, 0.4) is 0 Å². The van der Waals surface area contributed by atoms with Gasteiger partial charge in [0.1, 0.15) is 5.69 Å². The predicted molar refractivity (Wildman–Crippen MR) is 85.4 cm³/mol. The number of nitrogens with one attached hydrogen (secondary N) is 1. The first kappa shape index (κ1) is 15.0. The maximum atomic E-state index is 12.4. The van der Waals surface area contributed by atoms with Crippen LogP contribution in [0.25, 0.3) is 5.69 Å². The summed E-state index contributed by atoms with van der Waals surface area (Å²) in [5.74, 6) is 0.570. The largest absolute Gasteiger partial charge is 0.311 e. The first-order valence-electron chi connectivity index (χ1n) is 7.29. The van der Waals surface area contributed by atoms with Crippen molar-refractivity contribution in [3.05, 3.63) is 35.9 Å². The number of hydrogen-bond acceptors (Lipinski definition) is 4. The van der Waals surface area contributed by atoms with E-state index in [0.29, 0.717) is 23.3 Å². The Hall–Kier alpha value is -1.92. The van der Waals surface area contributed by atoms with E-state index >= 15 is 0 Å². The molecule has 1 aliphatic rings. The second kappa shape index (κ2) is 6.46. The van der Waals surface area contributed by atoms with E-state index in [2.05, 4.69) is 15.4 Å². The molecule has 1 fully saturated rings. The highest BCUT2D eigenvalue weighted by atomic mass is 35.5. The second-order valence-corrected chi connectivity index (χ2v) is 5.80.